The van der Waals surface area contributed by atoms with E-state index in [9.17, 15) is 9.59 Å². The molecule has 0 N–H and O–H groups in total. The predicted molar refractivity (Wildman–Crippen MR) is 133 cm³/mol. The van der Waals surface area contributed by atoms with E-state index in [1.54, 1.807) is 12.1 Å². The van der Waals surface area contributed by atoms with E-state index in [-0.39, 0.29) is 5.91 Å². The second-order valence-electron chi connectivity index (χ2n) is 7.42. The summed E-state index contributed by atoms with van der Waals surface area (Å²) in [4.78, 5) is 30.6. The van der Waals surface area contributed by atoms with Gasteiger partial charge in [0.05, 0.1) is 41.7 Å². The fourth-order valence-corrected chi connectivity index (χ4v) is 4.90. The Balaban J connectivity index is 1.88. The lowest BCUT2D eigenvalue weighted by Gasteiger charge is -2.11. The molecule has 0 aliphatic rings. The van der Waals surface area contributed by atoms with Crippen LogP contribution in [0.25, 0.3) is 21.0 Å². The van der Waals surface area contributed by atoms with Crippen molar-refractivity contribution >= 4 is 44.2 Å². The number of ether oxygens (including phenoxy) is 3. The van der Waals surface area contributed by atoms with Gasteiger partial charge in [-0.3, -0.25) is 4.79 Å². The summed E-state index contributed by atoms with van der Waals surface area (Å²) in [5.74, 6) is -0.294. The number of rotatable bonds is 8. The Hall–Kier alpha value is -3.49. The van der Waals surface area contributed by atoms with Crippen LogP contribution in [-0.2, 0) is 16.0 Å². The first-order valence-corrected chi connectivity index (χ1v) is 11.9. The zero-order valence-electron chi connectivity index (χ0n) is 19.4. The van der Waals surface area contributed by atoms with Crippen LogP contribution >= 0.6 is 11.3 Å². The number of thiazole rings is 1. The number of hydrogen-bond acceptors (Lipinski definition) is 6. The van der Waals surface area contributed by atoms with Crippen molar-refractivity contribution in [1.82, 2.24) is 4.57 Å². The number of benzene rings is 3. The van der Waals surface area contributed by atoms with Crippen LogP contribution in [0.1, 0.15) is 34.6 Å². The summed E-state index contributed by atoms with van der Waals surface area (Å²) in [6.45, 7) is 5.84. The molecule has 0 radical (unpaired) electrons. The Morgan fingerprint density at radius 3 is 2.62 bits per heavy atom. The first-order chi connectivity index (χ1) is 16.6. The monoisotopic (exact) mass is 478 g/mol. The summed E-state index contributed by atoms with van der Waals surface area (Å²) < 4.78 is 18.9. The fourth-order valence-electron chi connectivity index (χ4n) is 3.81. The van der Waals surface area contributed by atoms with Gasteiger partial charge in [0.15, 0.2) is 4.80 Å². The number of methoxy groups -OCH3 is 1. The van der Waals surface area contributed by atoms with Gasteiger partial charge < -0.3 is 18.8 Å². The van der Waals surface area contributed by atoms with E-state index in [1.807, 2.05) is 60.9 Å². The molecule has 7 nitrogen and oxygen atoms in total. The Kier molecular flexibility index (Phi) is 7.40. The lowest BCUT2D eigenvalue weighted by Crippen LogP contribution is -2.20. The molecule has 0 saturated carbocycles. The van der Waals surface area contributed by atoms with Gasteiger partial charge in [-0.05, 0) is 48.9 Å². The number of fused-ring (bicyclic) bond motifs is 2. The van der Waals surface area contributed by atoms with Crippen LogP contribution in [0.5, 0.6) is 5.75 Å². The molecule has 0 spiro atoms. The fraction of sp³-hybridized carbons (Fsp3) is 0.269. The van der Waals surface area contributed by atoms with Crippen molar-refractivity contribution in [2.45, 2.75) is 20.4 Å². The zero-order valence-corrected chi connectivity index (χ0v) is 20.2. The highest BCUT2D eigenvalue weighted by Gasteiger charge is 2.18. The third-order valence-corrected chi connectivity index (χ3v) is 6.41. The molecule has 8 heteroatoms. The molecule has 1 heterocycles. The number of nitrogens with zero attached hydrogens (tertiary/aromatic N) is 2. The van der Waals surface area contributed by atoms with Gasteiger partial charge in [-0.1, -0.05) is 41.7 Å². The summed E-state index contributed by atoms with van der Waals surface area (Å²) in [6, 6.07) is 16.7. The van der Waals surface area contributed by atoms with Gasteiger partial charge >= 0.3 is 5.97 Å². The average molecular weight is 479 g/mol. The van der Waals surface area contributed by atoms with Crippen LogP contribution in [0.2, 0.25) is 0 Å². The molecule has 0 atom stereocenters. The molecule has 0 fully saturated rings. The van der Waals surface area contributed by atoms with Gasteiger partial charge in [-0.2, -0.15) is 4.99 Å². The number of esters is 1. The van der Waals surface area contributed by atoms with E-state index in [2.05, 4.69) is 4.99 Å². The molecule has 0 unspecified atom stereocenters. The smallest absolute Gasteiger partial charge is 0.337 e. The maximum Gasteiger partial charge on any atom is 0.337 e. The van der Waals surface area contributed by atoms with E-state index in [4.69, 9.17) is 14.2 Å². The van der Waals surface area contributed by atoms with E-state index in [0.29, 0.717) is 48.0 Å². The number of carbonyl (C=O) groups is 2. The van der Waals surface area contributed by atoms with Crippen molar-refractivity contribution in [1.29, 1.82) is 0 Å². The minimum Gasteiger partial charge on any atom is -0.493 e. The van der Waals surface area contributed by atoms with Crippen molar-refractivity contribution in [2.75, 3.05) is 26.9 Å². The SMILES string of the molecule is CCOCCn1c(=NC(=O)c2c(OCC)ccc3ccccc23)sc2cc(C(=O)OC)ccc21. The van der Waals surface area contributed by atoms with E-state index in [1.165, 1.54) is 18.4 Å². The molecule has 0 aliphatic carbocycles. The first-order valence-electron chi connectivity index (χ1n) is 11.1. The molecule has 0 saturated heterocycles. The van der Waals surface area contributed by atoms with Gasteiger partial charge in [0.25, 0.3) is 5.91 Å². The summed E-state index contributed by atoms with van der Waals surface area (Å²) in [7, 11) is 1.35. The average Bonchev–Trinajstić information content (AvgIpc) is 3.19. The number of amides is 1. The maximum atomic E-state index is 13.5. The van der Waals surface area contributed by atoms with Crippen LogP contribution < -0.4 is 9.54 Å². The van der Waals surface area contributed by atoms with Crippen LogP contribution in [-0.4, -0.2) is 43.4 Å². The van der Waals surface area contributed by atoms with Crippen molar-refractivity contribution < 1.29 is 23.8 Å². The number of hydrogen-bond donors (Lipinski definition) is 0. The molecule has 3 aromatic carbocycles. The van der Waals surface area contributed by atoms with Crippen molar-refractivity contribution in [3.8, 4) is 5.75 Å². The maximum absolute atomic E-state index is 13.5. The highest BCUT2D eigenvalue weighted by Crippen LogP contribution is 2.29. The molecule has 34 heavy (non-hydrogen) atoms. The summed E-state index contributed by atoms with van der Waals surface area (Å²) in [5.41, 5.74) is 1.75. The molecule has 4 aromatic rings. The van der Waals surface area contributed by atoms with Crippen LogP contribution in [0, 0.1) is 0 Å². The topological polar surface area (TPSA) is 79.1 Å². The summed E-state index contributed by atoms with van der Waals surface area (Å²) in [6.07, 6.45) is 0. The van der Waals surface area contributed by atoms with Crippen molar-refractivity contribution in [3.05, 3.63) is 70.5 Å². The Bertz CT molecular complexity index is 1420. The highest BCUT2D eigenvalue weighted by molar-refractivity contribution is 7.16. The van der Waals surface area contributed by atoms with Gasteiger partial charge in [0, 0.05) is 13.2 Å². The van der Waals surface area contributed by atoms with E-state index in [0.717, 1.165) is 21.0 Å². The minimum atomic E-state index is -0.414. The van der Waals surface area contributed by atoms with Gasteiger partial charge in [-0.15, -0.1) is 0 Å². The molecular formula is C26H26N2O5S. The van der Waals surface area contributed by atoms with E-state index < -0.39 is 5.97 Å². The number of carbonyl (C=O) groups excluding carboxylic acids is 2. The standard InChI is InChI=1S/C26H26N2O5S/c1-4-32-15-14-28-20-12-10-18(25(30)31-3)16-22(20)34-26(28)27-24(29)23-19-9-7-6-8-17(19)11-13-21(23)33-5-2/h6-13,16H,4-5,14-15H2,1-3H3. The minimum absolute atomic E-state index is 0.384. The van der Waals surface area contributed by atoms with Gasteiger partial charge in [0.1, 0.15) is 5.75 Å². The Labute approximate surface area is 201 Å². The Morgan fingerprint density at radius 1 is 1.03 bits per heavy atom. The molecule has 1 amide bonds. The first kappa shape index (κ1) is 23.7. The molecule has 4 rings (SSSR count). The molecule has 1 aromatic heterocycles. The van der Waals surface area contributed by atoms with Gasteiger partial charge in [0.2, 0.25) is 0 Å². The normalized spacial score (nSPS) is 11.8. The highest BCUT2D eigenvalue weighted by atomic mass is 32.1. The van der Waals surface area contributed by atoms with Crippen LogP contribution in [0.15, 0.2) is 59.6 Å². The summed E-state index contributed by atoms with van der Waals surface area (Å²) >= 11 is 1.34. The molecule has 0 aliphatic heterocycles. The molecular weight excluding hydrogens is 452 g/mol. The van der Waals surface area contributed by atoms with Crippen molar-refractivity contribution in [2.24, 2.45) is 4.99 Å². The second kappa shape index (κ2) is 10.6. The van der Waals surface area contributed by atoms with Crippen LogP contribution in [0.4, 0.5) is 0 Å². The Morgan fingerprint density at radius 2 is 1.85 bits per heavy atom. The van der Waals surface area contributed by atoms with Gasteiger partial charge in [-0.25, -0.2) is 4.79 Å². The molecule has 176 valence electrons. The second-order valence-corrected chi connectivity index (χ2v) is 8.43. The van der Waals surface area contributed by atoms with E-state index >= 15 is 0 Å². The predicted octanol–water partition coefficient (Wildman–Crippen LogP) is 4.82. The quantitative estimate of drug-likeness (QED) is 0.268. The third kappa shape index (κ3) is 4.73. The van der Waals surface area contributed by atoms with Crippen LogP contribution in [0.3, 0.4) is 0 Å². The largest absolute Gasteiger partial charge is 0.493 e. The van der Waals surface area contributed by atoms with Crippen molar-refractivity contribution in [3.63, 3.8) is 0 Å². The zero-order chi connectivity index (χ0) is 24.1. The summed E-state index contributed by atoms with van der Waals surface area (Å²) in [5, 5.41) is 1.73. The lowest BCUT2D eigenvalue weighted by molar-refractivity contribution is 0.0600. The lowest BCUT2D eigenvalue weighted by atomic mass is 10.0. The number of aromatic nitrogens is 1. The molecule has 0 bridgehead atoms. The third-order valence-electron chi connectivity index (χ3n) is 5.37.